The van der Waals surface area contributed by atoms with Crippen LogP contribution in [0.5, 0.6) is 11.5 Å². The summed E-state index contributed by atoms with van der Waals surface area (Å²) in [6.07, 6.45) is 0. The number of hydrogen-bond acceptors (Lipinski definition) is 6. The first-order valence-corrected chi connectivity index (χ1v) is 5.50. The lowest BCUT2D eigenvalue weighted by Gasteiger charge is -2.24. The molecule has 7 nitrogen and oxygen atoms in total. The van der Waals surface area contributed by atoms with Crippen molar-refractivity contribution in [3.8, 4) is 11.5 Å². The third-order valence-corrected chi connectivity index (χ3v) is 2.82. The van der Waals surface area contributed by atoms with E-state index in [4.69, 9.17) is 9.47 Å². The van der Waals surface area contributed by atoms with E-state index in [1.807, 2.05) is 0 Å². The highest BCUT2D eigenvalue weighted by molar-refractivity contribution is 5.57. The predicted octanol–water partition coefficient (Wildman–Crippen LogP) is 0.970. The van der Waals surface area contributed by atoms with Gasteiger partial charge in [-0.3, -0.25) is 10.1 Å². The molecular weight excluding hydrogens is 240 g/mol. The van der Waals surface area contributed by atoms with Gasteiger partial charge in [-0.25, -0.2) is 0 Å². The Bertz CT molecular complexity index is 457. The highest BCUT2D eigenvalue weighted by Crippen LogP contribution is 2.38. The van der Waals surface area contributed by atoms with Crippen molar-refractivity contribution >= 4 is 5.69 Å². The van der Waals surface area contributed by atoms with E-state index in [-0.39, 0.29) is 17.5 Å². The van der Waals surface area contributed by atoms with Crippen LogP contribution < -0.4 is 10.1 Å². The molecule has 2 rings (SSSR count). The van der Waals surface area contributed by atoms with Crippen molar-refractivity contribution in [1.29, 1.82) is 0 Å². The summed E-state index contributed by atoms with van der Waals surface area (Å²) in [5.41, 5.74) is 0.299. The Morgan fingerprint density at radius 3 is 2.94 bits per heavy atom. The number of nitro groups is 1. The first kappa shape index (κ1) is 12.6. The molecule has 0 spiro atoms. The average Bonchev–Trinajstić information content (AvgIpc) is 2.39. The molecule has 1 heterocycles. The summed E-state index contributed by atoms with van der Waals surface area (Å²) in [7, 11) is 1.35. The molecule has 98 valence electrons. The molecular formula is C11H14N2O5. The number of nitro benzene ring substituents is 1. The second kappa shape index (κ2) is 5.19. The van der Waals surface area contributed by atoms with Gasteiger partial charge >= 0.3 is 5.69 Å². The van der Waals surface area contributed by atoms with Gasteiger partial charge in [0.1, 0.15) is 0 Å². The number of benzene rings is 1. The number of nitrogens with zero attached hydrogens (tertiary/aromatic N) is 1. The summed E-state index contributed by atoms with van der Waals surface area (Å²) in [6, 6.07) is 2.78. The van der Waals surface area contributed by atoms with Crippen LogP contribution in [0.15, 0.2) is 12.1 Å². The number of phenolic OH excluding ortho intramolecular Hbond substituents is 1. The van der Waals surface area contributed by atoms with Gasteiger partial charge in [-0.2, -0.15) is 0 Å². The summed E-state index contributed by atoms with van der Waals surface area (Å²) in [5.74, 6) is -0.366. The van der Waals surface area contributed by atoms with Crippen LogP contribution >= 0.6 is 0 Å². The van der Waals surface area contributed by atoms with Gasteiger partial charge in [-0.05, 0) is 11.6 Å². The number of rotatable bonds is 3. The first-order valence-electron chi connectivity index (χ1n) is 5.50. The molecule has 0 aromatic heterocycles. The first-order chi connectivity index (χ1) is 8.63. The minimum absolute atomic E-state index is 0.0894. The Kier molecular flexibility index (Phi) is 3.63. The minimum Gasteiger partial charge on any atom is -0.500 e. The van der Waals surface area contributed by atoms with Gasteiger partial charge in [0, 0.05) is 12.6 Å². The highest BCUT2D eigenvalue weighted by atomic mass is 16.6. The molecule has 0 aliphatic carbocycles. The highest BCUT2D eigenvalue weighted by Gasteiger charge is 2.24. The van der Waals surface area contributed by atoms with Crippen LogP contribution in [-0.2, 0) is 4.74 Å². The summed E-state index contributed by atoms with van der Waals surface area (Å²) in [5, 5.41) is 23.7. The third kappa shape index (κ3) is 2.36. The molecule has 7 heteroatoms. The van der Waals surface area contributed by atoms with E-state index in [2.05, 4.69) is 5.32 Å². The van der Waals surface area contributed by atoms with Crippen molar-refractivity contribution in [1.82, 2.24) is 5.32 Å². The fraction of sp³-hybridized carbons (Fsp3) is 0.455. The monoisotopic (exact) mass is 254 g/mol. The predicted molar refractivity (Wildman–Crippen MR) is 62.9 cm³/mol. The number of ether oxygens (including phenoxy) is 2. The Balaban J connectivity index is 2.41. The van der Waals surface area contributed by atoms with Gasteiger partial charge in [-0.1, -0.05) is 0 Å². The van der Waals surface area contributed by atoms with E-state index in [1.54, 1.807) is 6.07 Å². The van der Waals surface area contributed by atoms with E-state index in [0.29, 0.717) is 25.3 Å². The van der Waals surface area contributed by atoms with E-state index < -0.39 is 10.7 Å². The lowest BCUT2D eigenvalue weighted by molar-refractivity contribution is -0.386. The Hall–Kier alpha value is -1.86. The van der Waals surface area contributed by atoms with E-state index >= 15 is 0 Å². The number of hydrogen-bond donors (Lipinski definition) is 2. The van der Waals surface area contributed by atoms with Gasteiger partial charge < -0.3 is 19.9 Å². The maximum Gasteiger partial charge on any atom is 0.314 e. The molecule has 0 bridgehead atoms. The van der Waals surface area contributed by atoms with Crippen molar-refractivity contribution in [2.45, 2.75) is 6.04 Å². The smallest absolute Gasteiger partial charge is 0.314 e. The van der Waals surface area contributed by atoms with Crippen LogP contribution in [-0.4, -0.2) is 36.9 Å². The van der Waals surface area contributed by atoms with Crippen molar-refractivity contribution in [2.75, 3.05) is 26.9 Å². The SMILES string of the molecule is COc1cc(C2COCCN2)cc([N+](=O)[O-])c1O. The van der Waals surface area contributed by atoms with Gasteiger partial charge in [0.25, 0.3) is 0 Å². The van der Waals surface area contributed by atoms with E-state index in [1.165, 1.54) is 13.2 Å². The normalized spacial score (nSPS) is 19.5. The van der Waals surface area contributed by atoms with Gasteiger partial charge in [-0.15, -0.1) is 0 Å². The number of nitrogens with one attached hydrogen (secondary N) is 1. The summed E-state index contributed by atoms with van der Waals surface area (Å²) in [6.45, 7) is 1.74. The third-order valence-electron chi connectivity index (χ3n) is 2.82. The van der Waals surface area contributed by atoms with Crippen LogP contribution in [0.25, 0.3) is 0 Å². The van der Waals surface area contributed by atoms with Crippen molar-refractivity contribution in [2.24, 2.45) is 0 Å². The molecule has 1 aliphatic heterocycles. The molecule has 2 N–H and O–H groups in total. The molecule has 18 heavy (non-hydrogen) atoms. The summed E-state index contributed by atoms with van der Waals surface area (Å²) in [4.78, 5) is 10.2. The van der Waals surface area contributed by atoms with Crippen molar-refractivity contribution < 1.29 is 19.5 Å². The summed E-state index contributed by atoms with van der Waals surface area (Å²) >= 11 is 0. The molecule has 1 aromatic rings. The lowest BCUT2D eigenvalue weighted by Crippen LogP contribution is -2.34. The zero-order valence-electron chi connectivity index (χ0n) is 9.88. The molecule has 1 saturated heterocycles. The second-order valence-electron chi connectivity index (χ2n) is 3.93. The Morgan fingerprint density at radius 2 is 2.39 bits per heavy atom. The Morgan fingerprint density at radius 1 is 1.61 bits per heavy atom. The minimum atomic E-state index is -0.634. The zero-order chi connectivity index (χ0) is 13.1. The maximum atomic E-state index is 10.9. The standard InChI is InChI=1S/C11H14N2O5/c1-17-10-5-7(8-6-18-3-2-12-8)4-9(11(10)14)13(15)16/h4-5,8,12,14H,2-3,6H2,1H3. The molecule has 1 fully saturated rings. The number of morpholine rings is 1. The molecule has 1 aliphatic rings. The molecule has 0 radical (unpaired) electrons. The van der Waals surface area contributed by atoms with Gasteiger partial charge in [0.05, 0.1) is 31.3 Å². The van der Waals surface area contributed by atoms with Crippen LogP contribution in [0.2, 0.25) is 0 Å². The molecule has 1 aromatic carbocycles. The Labute approximate surface area is 103 Å². The number of aromatic hydroxyl groups is 1. The van der Waals surface area contributed by atoms with Gasteiger partial charge in [0.15, 0.2) is 5.75 Å². The second-order valence-corrected chi connectivity index (χ2v) is 3.93. The molecule has 0 amide bonds. The van der Waals surface area contributed by atoms with E-state index in [9.17, 15) is 15.2 Å². The lowest BCUT2D eigenvalue weighted by atomic mass is 10.0. The van der Waals surface area contributed by atoms with Crippen LogP contribution in [0.4, 0.5) is 5.69 Å². The average molecular weight is 254 g/mol. The zero-order valence-corrected chi connectivity index (χ0v) is 9.88. The van der Waals surface area contributed by atoms with Gasteiger partial charge in [0.2, 0.25) is 5.75 Å². The molecule has 1 atom stereocenters. The van der Waals surface area contributed by atoms with Crippen molar-refractivity contribution in [3.05, 3.63) is 27.8 Å². The van der Waals surface area contributed by atoms with Crippen LogP contribution in [0.1, 0.15) is 11.6 Å². The fourth-order valence-corrected chi connectivity index (χ4v) is 1.89. The topological polar surface area (TPSA) is 93.9 Å². The van der Waals surface area contributed by atoms with Crippen LogP contribution in [0.3, 0.4) is 0 Å². The molecule has 0 saturated carbocycles. The molecule has 1 unspecified atom stereocenters. The summed E-state index contributed by atoms with van der Waals surface area (Å²) < 4.78 is 10.2. The number of methoxy groups -OCH3 is 1. The van der Waals surface area contributed by atoms with Crippen LogP contribution in [0, 0.1) is 10.1 Å². The quantitative estimate of drug-likeness (QED) is 0.616. The largest absolute Gasteiger partial charge is 0.500 e. The number of phenols is 1. The van der Waals surface area contributed by atoms with Crippen molar-refractivity contribution in [3.63, 3.8) is 0 Å². The van der Waals surface area contributed by atoms with E-state index in [0.717, 1.165) is 0 Å². The maximum absolute atomic E-state index is 10.9. The fourth-order valence-electron chi connectivity index (χ4n) is 1.89.